The first-order chi connectivity index (χ1) is 10.5. The molecule has 0 aliphatic rings. The van der Waals surface area contributed by atoms with E-state index in [2.05, 4.69) is 5.32 Å². The number of hydrogen-bond acceptors (Lipinski definition) is 2. The van der Waals surface area contributed by atoms with Gasteiger partial charge in [-0.15, -0.1) is 11.3 Å². The maximum Gasteiger partial charge on any atom is 0.266 e. The van der Waals surface area contributed by atoms with Gasteiger partial charge in [0.05, 0.1) is 4.88 Å². The number of anilines is 1. The van der Waals surface area contributed by atoms with Crippen LogP contribution in [0.3, 0.4) is 0 Å². The van der Waals surface area contributed by atoms with Gasteiger partial charge in [0.25, 0.3) is 5.91 Å². The van der Waals surface area contributed by atoms with Crippen LogP contribution in [-0.2, 0) is 0 Å². The molecule has 22 heavy (non-hydrogen) atoms. The molecule has 112 valence electrons. The summed E-state index contributed by atoms with van der Waals surface area (Å²) in [7, 11) is 0. The van der Waals surface area contributed by atoms with Gasteiger partial charge in [-0.2, -0.15) is 0 Å². The summed E-state index contributed by atoms with van der Waals surface area (Å²) in [6, 6.07) is 10.2. The van der Waals surface area contributed by atoms with Crippen molar-refractivity contribution >= 4 is 44.6 Å². The van der Waals surface area contributed by atoms with Crippen LogP contribution in [-0.4, -0.2) is 5.91 Å². The zero-order chi connectivity index (χ0) is 15.9. The van der Waals surface area contributed by atoms with Gasteiger partial charge in [-0.3, -0.25) is 4.79 Å². The molecule has 1 amide bonds. The molecule has 1 aromatic heterocycles. The van der Waals surface area contributed by atoms with E-state index in [9.17, 15) is 9.18 Å². The number of halogens is 2. The Labute approximate surface area is 136 Å². The normalized spacial score (nSPS) is 10.9. The number of amides is 1. The number of benzene rings is 2. The van der Waals surface area contributed by atoms with Crippen molar-refractivity contribution in [3.05, 3.63) is 63.2 Å². The summed E-state index contributed by atoms with van der Waals surface area (Å²) in [6.07, 6.45) is 0. The van der Waals surface area contributed by atoms with Crippen LogP contribution in [0.15, 0.2) is 36.4 Å². The van der Waals surface area contributed by atoms with E-state index in [0.717, 1.165) is 10.3 Å². The number of nitrogens with one attached hydrogen (secondary N) is 1. The highest BCUT2D eigenvalue weighted by atomic mass is 35.5. The molecule has 2 nitrogen and oxygen atoms in total. The Hall–Kier alpha value is -1.91. The number of fused-ring (bicyclic) bond motifs is 1. The SMILES string of the molecule is Cc1ccc(Cl)cc1NC(=O)c1sc2cccc(F)c2c1C. The Bertz CT molecular complexity index is 888. The van der Waals surface area contributed by atoms with Crippen molar-refractivity contribution in [1.29, 1.82) is 0 Å². The lowest BCUT2D eigenvalue weighted by Crippen LogP contribution is -2.12. The molecule has 5 heteroatoms. The highest BCUT2D eigenvalue weighted by Crippen LogP contribution is 2.33. The van der Waals surface area contributed by atoms with Crippen LogP contribution < -0.4 is 5.32 Å². The molecule has 0 radical (unpaired) electrons. The summed E-state index contributed by atoms with van der Waals surface area (Å²) in [5.74, 6) is -0.548. The lowest BCUT2D eigenvalue weighted by Gasteiger charge is -2.08. The zero-order valence-electron chi connectivity index (χ0n) is 12.0. The molecule has 1 heterocycles. The van der Waals surface area contributed by atoms with E-state index in [1.807, 2.05) is 19.1 Å². The molecule has 0 saturated carbocycles. The number of rotatable bonds is 2. The minimum atomic E-state index is -0.302. The van der Waals surface area contributed by atoms with E-state index in [1.54, 1.807) is 25.1 Å². The molecular weight excluding hydrogens is 321 g/mol. The Kier molecular flexibility index (Phi) is 3.89. The Morgan fingerprint density at radius 3 is 2.73 bits per heavy atom. The van der Waals surface area contributed by atoms with Crippen LogP contribution in [0.1, 0.15) is 20.8 Å². The van der Waals surface area contributed by atoms with E-state index in [-0.39, 0.29) is 11.7 Å². The van der Waals surface area contributed by atoms with Crippen molar-refractivity contribution in [3.63, 3.8) is 0 Å². The number of aryl methyl sites for hydroxylation is 2. The smallest absolute Gasteiger partial charge is 0.266 e. The molecule has 0 atom stereocenters. The minimum absolute atomic E-state index is 0.247. The maximum atomic E-state index is 13.9. The summed E-state index contributed by atoms with van der Waals surface area (Å²) >= 11 is 7.25. The number of carbonyl (C=O) groups excluding carboxylic acids is 1. The van der Waals surface area contributed by atoms with E-state index in [1.165, 1.54) is 17.4 Å². The average Bonchev–Trinajstić information content (AvgIpc) is 2.81. The second-order valence-corrected chi connectivity index (χ2v) is 6.57. The van der Waals surface area contributed by atoms with Gasteiger partial charge in [-0.1, -0.05) is 23.7 Å². The standard InChI is InChI=1S/C17H13ClFNOS/c1-9-6-7-11(18)8-13(9)20-17(21)16-10(2)15-12(19)4-3-5-14(15)22-16/h3-8H,1-2H3,(H,20,21). The number of hydrogen-bond donors (Lipinski definition) is 1. The van der Waals surface area contributed by atoms with Gasteiger partial charge < -0.3 is 5.32 Å². The van der Waals surface area contributed by atoms with Crippen LogP contribution in [0.4, 0.5) is 10.1 Å². The first kappa shape index (κ1) is 15.0. The second kappa shape index (κ2) is 5.71. The van der Waals surface area contributed by atoms with Crippen molar-refractivity contribution in [2.75, 3.05) is 5.32 Å². The molecule has 0 fully saturated rings. The summed E-state index contributed by atoms with van der Waals surface area (Å²) < 4.78 is 14.7. The van der Waals surface area contributed by atoms with Crippen molar-refractivity contribution in [1.82, 2.24) is 0 Å². The molecular formula is C17H13ClFNOS. The fraction of sp³-hybridized carbons (Fsp3) is 0.118. The third-order valence-electron chi connectivity index (χ3n) is 3.56. The topological polar surface area (TPSA) is 29.1 Å². The molecule has 0 unspecified atom stereocenters. The van der Waals surface area contributed by atoms with Crippen LogP contribution in [0.25, 0.3) is 10.1 Å². The van der Waals surface area contributed by atoms with E-state index < -0.39 is 0 Å². The average molecular weight is 334 g/mol. The fourth-order valence-corrected chi connectivity index (χ4v) is 3.67. The van der Waals surface area contributed by atoms with Gasteiger partial charge in [0.1, 0.15) is 5.82 Å². The Balaban J connectivity index is 2.01. The number of carbonyl (C=O) groups is 1. The lowest BCUT2D eigenvalue weighted by molar-refractivity contribution is 0.103. The number of thiophene rings is 1. The van der Waals surface area contributed by atoms with E-state index in [4.69, 9.17) is 11.6 Å². The third kappa shape index (κ3) is 2.60. The van der Waals surface area contributed by atoms with Crippen molar-refractivity contribution in [2.45, 2.75) is 13.8 Å². The van der Waals surface area contributed by atoms with Crippen molar-refractivity contribution < 1.29 is 9.18 Å². The van der Waals surface area contributed by atoms with Gasteiger partial charge in [-0.25, -0.2) is 4.39 Å². The van der Waals surface area contributed by atoms with Gasteiger partial charge in [0, 0.05) is 20.8 Å². The highest BCUT2D eigenvalue weighted by Gasteiger charge is 2.18. The molecule has 0 aliphatic heterocycles. The van der Waals surface area contributed by atoms with Crippen LogP contribution in [0, 0.1) is 19.7 Å². The van der Waals surface area contributed by atoms with Gasteiger partial charge in [0.15, 0.2) is 0 Å². The molecule has 2 aromatic carbocycles. The fourth-order valence-electron chi connectivity index (χ4n) is 2.38. The monoisotopic (exact) mass is 333 g/mol. The molecule has 0 aliphatic carbocycles. The van der Waals surface area contributed by atoms with Crippen molar-refractivity contribution in [2.24, 2.45) is 0 Å². The van der Waals surface area contributed by atoms with Crippen LogP contribution in [0.2, 0.25) is 5.02 Å². The Morgan fingerprint density at radius 2 is 2.00 bits per heavy atom. The van der Waals surface area contributed by atoms with Crippen molar-refractivity contribution in [3.8, 4) is 0 Å². The minimum Gasteiger partial charge on any atom is -0.321 e. The molecule has 3 rings (SSSR count). The van der Waals surface area contributed by atoms with E-state index in [0.29, 0.717) is 26.5 Å². The lowest BCUT2D eigenvalue weighted by atomic mass is 10.1. The zero-order valence-corrected chi connectivity index (χ0v) is 13.6. The van der Waals surface area contributed by atoms with Gasteiger partial charge >= 0.3 is 0 Å². The third-order valence-corrected chi connectivity index (χ3v) is 5.05. The highest BCUT2D eigenvalue weighted by molar-refractivity contribution is 7.21. The molecule has 3 aromatic rings. The van der Waals surface area contributed by atoms with E-state index >= 15 is 0 Å². The first-order valence-corrected chi connectivity index (χ1v) is 7.92. The summed E-state index contributed by atoms with van der Waals surface area (Å²) in [5.41, 5.74) is 2.24. The molecule has 0 spiro atoms. The largest absolute Gasteiger partial charge is 0.321 e. The second-order valence-electron chi connectivity index (χ2n) is 5.08. The van der Waals surface area contributed by atoms with Crippen LogP contribution in [0.5, 0.6) is 0 Å². The first-order valence-electron chi connectivity index (χ1n) is 6.72. The predicted molar refractivity (Wildman–Crippen MR) is 90.7 cm³/mol. The van der Waals surface area contributed by atoms with Crippen LogP contribution >= 0.6 is 22.9 Å². The quantitative estimate of drug-likeness (QED) is 0.653. The molecule has 1 N–H and O–H groups in total. The summed E-state index contributed by atoms with van der Waals surface area (Å²) in [4.78, 5) is 13.0. The van der Waals surface area contributed by atoms with Gasteiger partial charge in [-0.05, 0) is 49.2 Å². The molecule has 0 bridgehead atoms. The van der Waals surface area contributed by atoms with Gasteiger partial charge in [0.2, 0.25) is 0 Å². The summed E-state index contributed by atoms with van der Waals surface area (Å²) in [6.45, 7) is 3.66. The maximum absolute atomic E-state index is 13.9. The predicted octanol–water partition coefficient (Wildman–Crippen LogP) is 5.56. The molecule has 0 saturated heterocycles. The Morgan fingerprint density at radius 1 is 1.23 bits per heavy atom. The summed E-state index contributed by atoms with van der Waals surface area (Å²) in [5, 5.41) is 3.92.